The van der Waals surface area contributed by atoms with Gasteiger partial charge in [0.25, 0.3) is 0 Å². The Morgan fingerprint density at radius 3 is 2.77 bits per heavy atom. The molecule has 0 saturated carbocycles. The normalized spacial score (nSPS) is 11.1. The van der Waals surface area contributed by atoms with E-state index in [4.69, 9.17) is 0 Å². The van der Waals surface area contributed by atoms with E-state index in [0.717, 1.165) is 22.9 Å². The maximum Gasteiger partial charge on any atom is 0.387 e. The van der Waals surface area contributed by atoms with Gasteiger partial charge < -0.3 is 4.74 Å². The third-order valence-corrected chi connectivity index (χ3v) is 3.31. The topological polar surface area (TPSA) is 44.1 Å². The zero-order valence-corrected chi connectivity index (χ0v) is 11.7. The van der Waals surface area contributed by atoms with Crippen LogP contribution in [0.25, 0.3) is 16.6 Å². The fourth-order valence-electron chi connectivity index (χ4n) is 2.35. The van der Waals surface area contributed by atoms with Gasteiger partial charge in [-0.25, -0.2) is 4.68 Å². The van der Waals surface area contributed by atoms with Gasteiger partial charge in [0.2, 0.25) is 0 Å². The van der Waals surface area contributed by atoms with Crippen molar-refractivity contribution < 1.29 is 18.3 Å². The van der Waals surface area contributed by atoms with Crippen molar-refractivity contribution in [2.24, 2.45) is 0 Å². The summed E-state index contributed by atoms with van der Waals surface area (Å²) in [6, 6.07) is 11.5. The lowest BCUT2D eigenvalue weighted by Crippen LogP contribution is -2.03. The molecule has 0 aliphatic rings. The number of benzene rings is 2. The second kappa shape index (κ2) is 5.55. The van der Waals surface area contributed by atoms with Gasteiger partial charge in [-0.2, -0.15) is 13.9 Å². The number of alkyl halides is 2. The molecule has 0 spiro atoms. The average molecular weight is 302 g/mol. The molecule has 3 rings (SSSR count). The van der Waals surface area contributed by atoms with E-state index < -0.39 is 6.61 Å². The zero-order valence-electron chi connectivity index (χ0n) is 11.7. The highest BCUT2D eigenvalue weighted by molar-refractivity contribution is 5.89. The Labute approximate surface area is 124 Å². The van der Waals surface area contributed by atoms with Crippen molar-refractivity contribution in [3.63, 3.8) is 0 Å². The smallest absolute Gasteiger partial charge is 0.387 e. The van der Waals surface area contributed by atoms with Crippen LogP contribution in [-0.2, 0) is 0 Å². The summed E-state index contributed by atoms with van der Waals surface area (Å²) in [7, 11) is 0. The fourth-order valence-corrected chi connectivity index (χ4v) is 2.35. The molecular weight excluding hydrogens is 290 g/mol. The van der Waals surface area contributed by atoms with Gasteiger partial charge in [-0.1, -0.05) is 6.07 Å². The van der Waals surface area contributed by atoms with Crippen molar-refractivity contribution in [2.45, 2.75) is 13.5 Å². The minimum Gasteiger partial charge on any atom is -0.435 e. The summed E-state index contributed by atoms with van der Waals surface area (Å²) in [5.74, 6) is 0.0679. The molecule has 0 unspecified atom stereocenters. The molecule has 0 bridgehead atoms. The number of fused-ring (bicyclic) bond motifs is 1. The number of carbonyl (C=O) groups is 1. The highest BCUT2D eigenvalue weighted by Gasteiger charge is 2.11. The molecule has 3 aromatic rings. The van der Waals surface area contributed by atoms with Crippen LogP contribution in [0.1, 0.15) is 16.1 Å². The minimum atomic E-state index is -2.87. The molecule has 1 aromatic heterocycles. The molecule has 0 radical (unpaired) electrons. The van der Waals surface area contributed by atoms with Gasteiger partial charge in [-0.15, -0.1) is 0 Å². The Morgan fingerprint density at radius 2 is 2.05 bits per heavy atom. The third-order valence-electron chi connectivity index (χ3n) is 3.31. The van der Waals surface area contributed by atoms with E-state index in [9.17, 15) is 13.6 Å². The number of aromatic nitrogens is 2. The minimum absolute atomic E-state index is 0.0679. The fraction of sp³-hybridized carbons (Fsp3) is 0.125. The SMILES string of the molecule is Cc1nn(-c2cccc(OC(F)F)c2)c2ccc(C=O)cc12. The van der Waals surface area contributed by atoms with E-state index in [1.807, 2.05) is 6.92 Å². The summed E-state index contributed by atoms with van der Waals surface area (Å²) in [6.07, 6.45) is 0.771. The average Bonchev–Trinajstić information content (AvgIpc) is 2.83. The van der Waals surface area contributed by atoms with Gasteiger partial charge in [0.05, 0.1) is 16.9 Å². The Kier molecular flexibility index (Phi) is 3.58. The number of rotatable bonds is 4. The van der Waals surface area contributed by atoms with Crippen LogP contribution in [0, 0.1) is 6.92 Å². The maximum atomic E-state index is 12.3. The van der Waals surface area contributed by atoms with Gasteiger partial charge >= 0.3 is 6.61 Å². The molecule has 112 valence electrons. The number of halogens is 2. The van der Waals surface area contributed by atoms with Gasteiger partial charge in [0.1, 0.15) is 12.0 Å². The number of hydrogen-bond donors (Lipinski definition) is 0. The number of aryl methyl sites for hydroxylation is 1. The van der Waals surface area contributed by atoms with Crippen molar-refractivity contribution in [2.75, 3.05) is 0 Å². The predicted octanol–water partition coefficient (Wildman–Crippen LogP) is 3.75. The first-order valence-electron chi connectivity index (χ1n) is 6.58. The van der Waals surface area contributed by atoms with Crippen LogP contribution in [0.15, 0.2) is 42.5 Å². The molecule has 0 amide bonds. The van der Waals surface area contributed by atoms with Crippen molar-refractivity contribution in [1.29, 1.82) is 0 Å². The van der Waals surface area contributed by atoms with E-state index in [1.54, 1.807) is 35.0 Å². The summed E-state index contributed by atoms with van der Waals surface area (Å²) in [4.78, 5) is 10.9. The lowest BCUT2D eigenvalue weighted by atomic mass is 10.1. The first kappa shape index (κ1) is 14.2. The molecular formula is C16H12F2N2O2. The Morgan fingerprint density at radius 1 is 1.23 bits per heavy atom. The monoisotopic (exact) mass is 302 g/mol. The highest BCUT2D eigenvalue weighted by Crippen LogP contribution is 2.25. The Balaban J connectivity index is 2.12. The molecule has 1 heterocycles. The van der Waals surface area contributed by atoms with Gasteiger partial charge in [0, 0.05) is 17.0 Å². The summed E-state index contributed by atoms with van der Waals surface area (Å²) in [6.45, 7) is -1.05. The first-order valence-corrected chi connectivity index (χ1v) is 6.58. The summed E-state index contributed by atoms with van der Waals surface area (Å²) in [5.41, 5.74) is 2.70. The molecule has 0 N–H and O–H groups in total. The van der Waals surface area contributed by atoms with E-state index >= 15 is 0 Å². The van der Waals surface area contributed by atoms with E-state index in [0.29, 0.717) is 11.3 Å². The largest absolute Gasteiger partial charge is 0.435 e. The van der Waals surface area contributed by atoms with Crippen LogP contribution >= 0.6 is 0 Å². The number of nitrogens with zero attached hydrogens (tertiary/aromatic N) is 2. The number of ether oxygens (including phenoxy) is 1. The molecule has 0 aliphatic heterocycles. The molecule has 0 saturated heterocycles. The summed E-state index contributed by atoms with van der Waals surface area (Å²) in [5, 5.41) is 5.25. The lowest BCUT2D eigenvalue weighted by molar-refractivity contribution is -0.0498. The standard InChI is InChI=1S/C16H12F2N2O2/c1-10-14-7-11(9-21)5-6-15(14)20(19-10)12-3-2-4-13(8-12)22-16(17)18/h2-9,16H,1H3. The number of hydrogen-bond acceptors (Lipinski definition) is 3. The zero-order chi connectivity index (χ0) is 15.7. The predicted molar refractivity (Wildman–Crippen MR) is 77.8 cm³/mol. The van der Waals surface area contributed by atoms with Crippen LogP contribution in [0.4, 0.5) is 8.78 Å². The molecule has 22 heavy (non-hydrogen) atoms. The quantitative estimate of drug-likeness (QED) is 0.689. The van der Waals surface area contributed by atoms with Crippen molar-refractivity contribution in [3.8, 4) is 11.4 Å². The van der Waals surface area contributed by atoms with E-state index in [1.165, 1.54) is 12.1 Å². The molecule has 4 nitrogen and oxygen atoms in total. The van der Waals surface area contributed by atoms with E-state index in [-0.39, 0.29) is 5.75 Å². The van der Waals surface area contributed by atoms with Crippen LogP contribution in [0.2, 0.25) is 0 Å². The summed E-state index contributed by atoms with van der Waals surface area (Å²) >= 11 is 0. The van der Waals surface area contributed by atoms with Gasteiger partial charge in [-0.05, 0) is 37.3 Å². The van der Waals surface area contributed by atoms with Crippen LogP contribution in [0.3, 0.4) is 0 Å². The van der Waals surface area contributed by atoms with Crippen molar-refractivity contribution in [1.82, 2.24) is 9.78 Å². The van der Waals surface area contributed by atoms with Crippen molar-refractivity contribution in [3.05, 3.63) is 53.7 Å². The highest BCUT2D eigenvalue weighted by atomic mass is 19.3. The second-order valence-electron chi connectivity index (χ2n) is 4.77. The van der Waals surface area contributed by atoms with Crippen LogP contribution < -0.4 is 4.74 Å². The summed E-state index contributed by atoms with van der Waals surface area (Å²) < 4.78 is 30.7. The Bertz CT molecular complexity index is 843. The second-order valence-corrected chi connectivity index (χ2v) is 4.77. The third kappa shape index (κ3) is 2.55. The molecule has 0 atom stereocenters. The molecule has 0 fully saturated rings. The van der Waals surface area contributed by atoms with Crippen molar-refractivity contribution >= 4 is 17.2 Å². The molecule has 2 aromatic carbocycles. The maximum absolute atomic E-state index is 12.3. The lowest BCUT2D eigenvalue weighted by Gasteiger charge is -2.08. The number of aldehydes is 1. The van der Waals surface area contributed by atoms with Gasteiger partial charge in [0.15, 0.2) is 0 Å². The first-order chi connectivity index (χ1) is 10.6. The van der Waals surface area contributed by atoms with Crippen LogP contribution in [-0.4, -0.2) is 22.7 Å². The van der Waals surface area contributed by atoms with Gasteiger partial charge in [-0.3, -0.25) is 4.79 Å². The molecule has 6 heteroatoms. The van der Waals surface area contributed by atoms with Crippen LogP contribution in [0.5, 0.6) is 5.75 Å². The Hall–Kier alpha value is -2.76. The molecule has 0 aliphatic carbocycles. The number of carbonyl (C=O) groups excluding carboxylic acids is 1. The van der Waals surface area contributed by atoms with E-state index in [2.05, 4.69) is 9.84 Å².